The number of hydrogen-bond acceptors (Lipinski definition) is 1. The minimum absolute atomic E-state index is 0.351. The van der Waals surface area contributed by atoms with Crippen LogP contribution in [-0.4, -0.2) is 11.8 Å². The van der Waals surface area contributed by atoms with Gasteiger partial charge in [0.25, 0.3) is 5.91 Å². The van der Waals surface area contributed by atoms with Gasteiger partial charge in [0, 0.05) is 12.1 Å². The Morgan fingerprint density at radius 2 is 2.00 bits per heavy atom. The van der Waals surface area contributed by atoms with Crippen molar-refractivity contribution in [2.75, 3.05) is 5.32 Å². The van der Waals surface area contributed by atoms with Crippen LogP contribution in [-0.2, 0) is 4.79 Å². The van der Waals surface area contributed by atoms with Crippen LogP contribution >= 0.6 is 0 Å². The molecule has 0 saturated carbocycles. The van der Waals surface area contributed by atoms with Crippen molar-refractivity contribution >= 4 is 17.7 Å². The molecule has 0 aliphatic carbocycles. The van der Waals surface area contributed by atoms with Crippen LogP contribution in [0.5, 0.6) is 0 Å². The van der Waals surface area contributed by atoms with Gasteiger partial charge in [0.1, 0.15) is 0 Å². The molecule has 1 N–H and O–H groups in total. The molecule has 0 aromatic heterocycles. The standard InChI is InChI=1S/C12H13F2NO/c1-3-9-5-7-10(8-6-9)15-11(16)12(13,14)4-2/h3,5-8H,1,4H2,2H3,(H,15,16). The van der Waals surface area contributed by atoms with Crippen molar-refractivity contribution in [3.05, 3.63) is 36.4 Å². The first-order valence-electron chi connectivity index (χ1n) is 4.91. The molecule has 0 unspecified atom stereocenters. The number of carbonyl (C=O) groups excluding carboxylic acids is 1. The van der Waals surface area contributed by atoms with E-state index >= 15 is 0 Å². The predicted molar refractivity (Wildman–Crippen MR) is 60.4 cm³/mol. The predicted octanol–water partition coefficient (Wildman–Crippen LogP) is 3.31. The Morgan fingerprint density at radius 3 is 2.44 bits per heavy atom. The Bertz CT molecular complexity index is 385. The van der Waals surface area contributed by atoms with E-state index in [4.69, 9.17) is 0 Å². The molecule has 0 bridgehead atoms. The second kappa shape index (κ2) is 4.88. The van der Waals surface area contributed by atoms with E-state index in [0.29, 0.717) is 5.69 Å². The topological polar surface area (TPSA) is 29.1 Å². The molecule has 1 rings (SSSR count). The number of carbonyl (C=O) groups is 1. The Balaban J connectivity index is 2.73. The van der Waals surface area contributed by atoms with Crippen molar-refractivity contribution in [1.29, 1.82) is 0 Å². The Labute approximate surface area is 93.0 Å². The van der Waals surface area contributed by atoms with Gasteiger partial charge in [-0.1, -0.05) is 31.7 Å². The summed E-state index contributed by atoms with van der Waals surface area (Å²) in [5.41, 5.74) is 1.21. The van der Waals surface area contributed by atoms with Crippen molar-refractivity contribution in [3.8, 4) is 0 Å². The van der Waals surface area contributed by atoms with Gasteiger partial charge in [-0.05, 0) is 17.7 Å². The maximum atomic E-state index is 12.9. The van der Waals surface area contributed by atoms with Crippen molar-refractivity contribution in [2.45, 2.75) is 19.3 Å². The fourth-order valence-corrected chi connectivity index (χ4v) is 1.09. The highest BCUT2D eigenvalue weighted by Gasteiger charge is 2.36. The third-order valence-corrected chi connectivity index (χ3v) is 2.18. The zero-order chi connectivity index (χ0) is 12.2. The van der Waals surface area contributed by atoms with Crippen LogP contribution in [0.4, 0.5) is 14.5 Å². The van der Waals surface area contributed by atoms with E-state index in [9.17, 15) is 13.6 Å². The second-order valence-electron chi connectivity index (χ2n) is 3.34. The molecule has 1 amide bonds. The van der Waals surface area contributed by atoms with Crippen molar-refractivity contribution in [3.63, 3.8) is 0 Å². The molecule has 1 aromatic carbocycles. The molecular formula is C12H13F2NO. The number of hydrogen-bond donors (Lipinski definition) is 1. The number of nitrogens with one attached hydrogen (secondary N) is 1. The fraction of sp³-hybridized carbons (Fsp3) is 0.250. The molecular weight excluding hydrogens is 212 g/mol. The highest BCUT2D eigenvalue weighted by atomic mass is 19.3. The van der Waals surface area contributed by atoms with Gasteiger partial charge in [0.05, 0.1) is 0 Å². The molecule has 0 atom stereocenters. The summed E-state index contributed by atoms with van der Waals surface area (Å²) >= 11 is 0. The summed E-state index contributed by atoms with van der Waals surface area (Å²) in [7, 11) is 0. The average Bonchev–Trinajstić information content (AvgIpc) is 2.30. The van der Waals surface area contributed by atoms with Gasteiger partial charge >= 0.3 is 5.92 Å². The molecule has 16 heavy (non-hydrogen) atoms. The Hall–Kier alpha value is -1.71. The van der Waals surface area contributed by atoms with Crippen molar-refractivity contribution < 1.29 is 13.6 Å². The summed E-state index contributed by atoms with van der Waals surface area (Å²) in [5, 5.41) is 2.16. The zero-order valence-electron chi connectivity index (χ0n) is 8.97. The molecule has 0 fully saturated rings. The summed E-state index contributed by atoms with van der Waals surface area (Å²) in [5.74, 6) is -4.60. The van der Waals surface area contributed by atoms with Crippen LogP contribution in [0.25, 0.3) is 6.08 Å². The number of amides is 1. The minimum atomic E-state index is -3.32. The third kappa shape index (κ3) is 2.89. The average molecular weight is 225 g/mol. The molecule has 4 heteroatoms. The summed E-state index contributed by atoms with van der Waals surface area (Å²) in [6.45, 7) is 4.83. The lowest BCUT2D eigenvalue weighted by Crippen LogP contribution is -2.33. The normalized spacial score (nSPS) is 10.9. The molecule has 0 spiro atoms. The third-order valence-electron chi connectivity index (χ3n) is 2.18. The molecule has 1 aromatic rings. The first-order valence-corrected chi connectivity index (χ1v) is 4.91. The molecule has 0 heterocycles. The molecule has 86 valence electrons. The largest absolute Gasteiger partial charge is 0.324 e. The van der Waals surface area contributed by atoms with Gasteiger partial charge in [-0.2, -0.15) is 8.78 Å². The number of halogens is 2. The van der Waals surface area contributed by atoms with E-state index in [-0.39, 0.29) is 0 Å². The lowest BCUT2D eigenvalue weighted by molar-refractivity contribution is -0.139. The maximum Gasteiger partial charge on any atom is 0.324 e. The number of rotatable bonds is 4. The van der Waals surface area contributed by atoms with E-state index in [0.717, 1.165) is 5.56 Å². The quantitative estimate of drug-likeness (QED) is 0.836. The molecule has 0 saturated heterocycles. The summed E-state index contributed by atoms with van der Waals surface area (Å²) in [6.07, 6.45) is 1.12. The lowest BCUT2D eigenvalue weighted by atomic mass is 10.2. The molecule has 0 aliphatic rings. The van der Waals surface area contributed by atoms with Gasteiger partial charge in [0.2, 0.25) is 0 Å². The zero-order valence-corrected chi connectivity index (χ0v) is 8.97. The van der Waals surface area contributed by atoms with Crippen LogP contribution in [0.3, 0.4) is 0 Å². The van der Waals surface area contributed by atoms with Gasteiger partial charge < -0.3 is 5.32 Å². The van der Waals surface area contributed by atoms with Gasteiger partial charge in [-0.25, -0.2) is 0 Å². The van der Waals surface area contributed by atoms with Crippen molar-refractivity contribution in [2.24, 2.45) is 0 Å². The minimum Gasteiger partial charge on any atom is -0.321 e. The molecule has 0 aliphatic heterocycles. The summed E-state index contributed by atoms with van der Waals surface area (Å²) in [6, 6.07) is 6.49. The van der Waals surface area contributed by atoms with Crippen molar-refractivity contribution in [1.82, 2.24) is 0 Å². The van der Waals surface area contributed by atoms with Crippen LogP contribution in [0.2, 0.25) is 0 Å². The van der Waals surface area contributed by atoms with E-state index in [1.54, 1.807) is 30.3 Å². The number of anilines is 1. The number of alkyl halides is 2. The Morgan fingerprint density at radius 1 is 1.44 bits per heavy atom. The highest BCUT2D eigenvalue weighted by Crippen LogP contribution is 2.20. The highest BCUT2D eigenvalue weighted by molar-refractivity contribution is 5.96. The summed E-state index contributed by atoms with van der Waals surface area (Å²) < 4.78 is 25.9. The van der Waals surface area contributed by atoms with Crippen LogP contribution < -0.4 is 5.32 Å². The van der Waals surface area contributed by atoms with Gasteiger partial charge in [-0.3, -0.25) is 4.79 Å². The number of benzene rings is 1. The van der Waals surface area contributed by atoms with E-state index in [2.05, 4.69) is 11.9 Å². The van der Waals surface area contributed by atoms with E-state index in [1.165, 1.54) is 6.92 Å². The van der Waals surface area contributed by atoms with E-state index in [1.807, 2.05) is 0 Å². The smallest absolute Gasteiger partial charge is 0.321 e. The van der Waals surface area contributed by atoms with Gasteiger partial charge in [-0.15, -0.1) is 0 Å². The summed E-state index contributed by atoms with van der Waals surface area (Å²) in [4.78, 5) is 11.1. The molecule has 0 radical (unpaired) electrons. The molecule has 2 nitrogen and oxygen atoms in total. The maximum absolute atomic E-state index is 12.9. The van der Waals surface area contributed by atoms with Crippen LogP contribution in [0, 0.1) is 0 Å². The van der Waals surface area contributed by atoms with Crippen LogP contribution in [0.1, 0.15) is 18.9 Å². The second-order valence-corrected chi connectivity index (χ2v) is 3.34. The Kier molecular flexibility index (Phi) is 3.77. The van der Waals surface area contributed by atoms with E-state index < -0.39 is 18.3 Å². The van der Waals surface area contributed by atoms with Crippen LogP contribution in [0.15, 0.2) is 30.8 Å². The first-order chi connectivity index (χ1) is 7.49. The van der Waals surface area contributed by atoms with Gasteiger partial charge in [0.15, 0.2) is 0 Å². The first kappa shape index (κ1) is 12.4. The monoisotopic (exact) mass is 225 g/mol. The lowest BCUT2D eigenvalue weighted by Gasteiger charge is -2.13. The SMILES string of the molecule is C=Cc1ccc(NC(=O)C(F)(F)CC)cc1. The fourth-order valence-electron chi connectivity index (χ4n) is 1.09.